The summed E-state index contributed by atoms with van der Waals surface area (Å²) < 4.78 is 10.7. The molecule has 2 rings (SSSR count). The van der Waals surface area contributed by atoms with E-state index in [4.69, 9.17) is 9.47 Å². The quantitative estimate of drug-likeness (QED) is 0.312. The van der Waals surface area contributed by atoms with E-state index in [0.717, 1.165) is 71.5 Å². The highest BCUT2D eigenvalue weighted by Crippen LogP contribution is 2.36. The van der Waals surface area contributed by atoms with Crippen LogP contribution in [-0.2, 0) is 9.47 Å². The number of hydrogen-bond acceptors (Lipinski definition) is 5. The number of guanidine groups is 1. The van der Waals surface area contributed by atoms with E-state index in [0.29, 0.717) is 5.41 Å². The summed E-state index contributed by atoms with van der Waals surface area (Å²) in [6.45, 7) is 9.89. The number of methoxy groups -OCH3 is 1. The van der Waals surface area contributed by atoms with Crippen LogP contribution in [-0.4, -0.2) is 103 Å². The van der Waals surface area contributed by atoms with Gasteiger partial charge in [-0.05, 0) is 26.3 Å². The molecule has 7 heteroatoms. The first kappa shape index (κ1) is 23.4. The molecule has 0 aromatic carbocycles. The Morgan fingerprint density at radius 3 is 2.57 bits per heavy atom. The molecule has 28 heavy (non-hydrogen) atoms. The Morgan fingerprint density at radius 1 is 1.14 bits per heavy atom. The van der Waals surface area contributed by atoms with Gasteiger partial charge in [-0.1, -0.05) is 19.3 Å². The van der Waals surface area contributed by atoms with Gasteiger partial charge in [-0.3, -0.25) is 9.89 Å². The minimum Gasteiger partial charge on any atom is -0.385 e. The summed E-state index contributed by atoms with van der Waals surface area (Å²) >= 11 is 0. The van der Waals surface area contributed by atoms with Crippen LogP contribution in [0.1, 0.15) is 38.5 Å². The van der Waals surface area contributed by atoms with Crippen LogP contribution in [0.4, 0.5) is 0 Å². The van der Waals surface area contributed by atoms with Crippen molar-refractivity contribution in [2.45, 2.75) is 38.5 Å². The lowest BCUT2D eigenvalue weighted by molar-refractivity contribution is 0.00820. The highest BCUT2D eigenvalue weighted by atomic mass is 16.5. The maximum absolute atomic E-state index is 5.53. The van der Waals surface area contributed by atoms with Crippen molar-refractivity contribution in [2.24, 2.45) is 10.4 Å². The van der Waals surface area contributed by atoms with E-state index in [1.165, 1.54) is 38.6 Å². The normalized spacial score (nSPS) is 21.1. The summed E-state index contributed by atoms with van der Waals surface area (Å²) in [7, 11) is 5.79. The standard InChI is InChI=1S/C21H43N5O2/c1-22-20(23-10-12-25(2)11-7-15-27-3)24-18-21(8-5-4-6-9-21)19-26-13-16-28-17-14-26/h4-19H2,1-3H3,(H2,22,23,24). The van der Waals surface area contributed by atoms with Gasteiger partial charge >= 0.3 is 0 Å². The molecule has 1 heterocycles. The van der Waals surface area contributed by atoms with Crippen molar-refractivity contribution in [3.8, 4) is 0 Å². The molecule has 0 radical (unpaired) electrons. The zero-order valence-corrected chi connectivity index (χ0v) is 18.5. The van der Waals surface area contributed by atoms with Crippen LogP contribution >= 0.6 is 0 Å². The maximum Gasteiger partial charge on any atom is 0.191 e. The number of rotatable bonds is 11. The molecular weight excluding hydrogens is 354 g/mol. The lowest BCUT2D eigenvalue weighted by Crippen LogP contribution is -2.51. The molecule has 0 unspecified atom stereocenters. The Balaban J connectivity index is 1.74. The Labute approximate surface area is 172 Å². The molecule has 2 fully saturated rings. The summed E-state index contributed by atoms with van der Waals surface area (Å²) in [6.07, 6.45) is 7.79. The zero-order valence-electron chi connectivity index (χ0n) is 18.5. The fourth-order valence-corrected chi connectivity index (χ4v) is 4.37. The Bertz CT molecular complexity index is 435. The smallest absolute Gasteiger partial charge is 0.191 e. The van der Waals surface area contributed by atoms with E-state index >= 15 is 0 Å². The first-order valence-electron chi connectivity index (χ1n) is 11.1. The Morgan fingerprint density at radius 2 is 1.89 bits per heavy atom. The largest absolute Gasteiger partial charge is 0.385 e. The lowest BCUT2D eigenvalue weighted by Gasteiger charge is -2.42. The van der Waals surface area contributed by atoms with E-state index in [1.807, 2.05) is 7.05 Å². The predicted molar refractivity (Wildman–Crippen MR) is 116 cm³/mol. The fourth-order valence-electron chi connectivity index (χ4n) is 4.37. The molecule has 1 aliphatic heterocycles. The van der Waals surface area contributed by atoms with Gasteiger partial charge < -0.3 is 25.0 Å². The highest BCUT2D eigenvalue weighted by Gasteiger charge is 2.34. The van der Waals surface area contributed by atoms with Crippen molar-refractivity contribution in [2.75, 3.05) is 86.8 Å². The Hall–Kier alpha value is -0.890. The van der Waals surface area contributed by atoms with E-state index in [-0.39, 0.29) is 0 Å². The molecule has 2 N–H and O–H groups in total. The SMILES string of the molecule is CN=C(NCCN(C)CCCOC)NCC1(CN2CCOCC2)CCCCC1. The average molecular weight is 398 g/mol. The average Bonchev–Trinajstić information content (AvgIpc) is 2.72. The summed E-state index contributed by atoms with van der Waals surface area (Å²) in [4.78, 5) is 9.38. The van der Waals surface area contributed by atoms with Gasteiger partial charge in [0.25, 0.3) is 0 Å². The van der Waals surface area contributed by atoms with Crippen LogP contribution < -0.4 is 10.6 Å². The number of nitrogens with zero attached hydrogens (tertiary/aromatic N) is 3. The van der Waals surface area contributed by atoms with Crippen LogP contribution in [0.25, 0.3) is 0 Å². The van der Waals surface area contributed by atoms with Crippen LogP contribution in [0.2, 0.25) is 0 Å². The van der Waals surface area contributed by atoms with Crippen LogP contribution in [0.15, 0.2) is 4.99 Å². The van der Waals surface area contributed by atoms with Gasteiger partial charge in [-0.25, -0.2) is 0 Å². The van der Waals surface area contributed by atoms with E-state index in [2.05, 4.69) is 32.5 Å². The van der Waals surface area contributed by atoms with Crippen LogP contribution in [0.5, 0.6) is 0 Å². The molecule has 0 spiro atoms. The molecular formula is C21H43N5O2. The first-order valence-corrected chi connectivity index (χ1v) is 11.1. The third kappa shape index (κ3) is 8.64. The van der Waals surface area contributed by atoms with Gasteiger partial charge in [-0.2, -0.15) is 0 Å². The van der Waals surface area contributed by atoms with E-state index in [1.54, 1.807) is 7.11 Å². The summed E-state index contributed by atoms with van der Waals surface area (Å²) in [5, 5.41) is 7.12. The van der Waals surface area contributed by atoms with Crippen molar-refractivity contribution in [1.29, 1.82) is 0 Å². The molecule has 0 amide bonds. The maximum atomic E-state index is 5.53. The fraction of sp³-hybridized carbons (Fsp3) is 0.952. The van der Waals surface area contributed by atoms with Gasteiger partial charge in [0, 0.05) is 72.0 Å². The van der Waals surface area contributed by atoms with Crippen molar-refractivity contribution < 1.29 is 9.47 Å². The van der Waals surface area contributed by atoms with Gasteiger partial charge in [0.1, 0.15) is 0 Å². The molecule has 2 aliphatic rings. The molecule has 0 aromatic heterocycles. The second-order valence-electron chi connectivity index (χ2n) is 8.45. The topological polar surface area (TPSA) is 61.4 Å². The predicted octanol–water partition coefficient (Wildman–Crippen LogP) is 1.40. The number of ether oxygens (including phenoxy) is 2. The molecule has 1 saturated heterocycles. The van der Waals surface area contributed by atoms with Crippen molar-refractivity contribution in [3.05, 3.63) is 0 Å². The molecule has 7 nitrogen and oxygen atoms in total. The van der Waals surface area contributed by atoms with Crippen LogP contribution in [0, 0.1) is 5.41 Å². The number of morpholine rings is 1. The third-order valence-corrected chi connectivity index (χ3v) is 6.11. The molecule has 0 atom stereocenters. The van der Waals surface area contributed by atoms with Gasteiger partial charge in [0.2, 0.25) is 0 Å². The lowest BCUT2D eigenvalue weighted by atomic mass is 9.73. The molecule has 0 aromatic rings. The minimum absolute atomic E-state index is 0.365. The summed E-state index contributed by atoms with van der Waals surface area (Å²) in [6, 6.07) is 0. The van der Waals surface area contributed by atoms with E-state index in [9.17, 15) is 0 Å². The number of likely N-dealkylation sites (N-methyl/N-ethyl adjacent to an activating group) is 1. The van der Waals surface area contributed by atoms with Crippen molar-refractivity contribution >= 4 is 5.96 Å². The number of nitrogens with one attached hydrogen (secondary N) is 2. The molecule has 0 bridgehead atoms. The van der Waals surface area contributed by atoms with Gasteiger partial charge in [0.05, 0.1) is 13.2 Å². The molecule has 1 saturated carbocycles. The number of hydrogen-bond donors (Lipinski definition) is 2. The molecule has 164 valence electrons. The van der Waals surface area contributed by atoms with Crippen molar-refractivity contribution in [3.63, 3.8) is 0 Å². The van der Waals surface area contributed by atoms with Gasteiger partial charge in [0.15, 0.2) is 5.96 Å². The second kappa shape index (κ2) is 13.4. The summed E-state index contributed by atoms with van der Waals surface area (Å²) in [5.41, 5.74) is 0.365. The minimum atomic E-state index is 0.365. The number of aliphatic imine (C=N–C) groups is 1. The Kier molecular flexibility index (Phi) is 11.2. The monoisotopic (exact) mass is 397 g/mol. The second-order valence-corrected chi connectivity index (χ2v) is 8.45. The first-order chi connectivity index (χ1) is 13.7. The third-order valence-electron chi connectivity index (χ3n) is 6.11. The molecule has 1 aliphatic carbocycles. The highest BCUT2D eigenvalue weighted by molar-refractivity contribution is 5.79. The summed E-state index contributed by atoms with van der Waals surface area (Å²) in [5.74, 6) is 0.928. The van der Waals surface area contributed by atoms with E-state index < -0.39 is 0 Å². The van der Waals surface area contributed by atoms with Crippen LogP contribution in [0.3, 0.4) is 0 Å². The van der Waals surface area contributed by atoms with Gasteiger partial charge in [-0.15, -0.1) is 0 Å². The zero-order chi connectivity index (χ0) is 20.1. The van der Waals surface area contributed by atoms with Crippen molar-refractivity contribution in [1.82, 2.24) is 20.4 Å².